The normalized spacial score (nSPS) is 17.0. The van der Waals surface area contributed by atoms with Crippen LogP contribution in [-0.2, 0) is 35.1 Å². The van der Waals surface area contributed by atoms with Crippen molar-refractivity contribution >= 4 is 5.97 Å². The van der Waals surface area contributed by atoms with E-state index in [0.29, 0.717) is 44.0 Å². The summed E-state index contributed by atoms with van der Waals surface area (Å²) in [6.45, 7) is 8.33. The van der Waals surface area contributed by atoms with Crippen molar-refractivity contribution in [3.8, 4) is 0 Å². The number of piperidine rings is 1. The van der Waals surface area contributed by atoms with Gasteiger partial charge in [-0.15, -0.1) is 0 Å². The summed E-state index contributed by atoms with van der Waals surface area (Å²) in [6.07, 6.45) is -2.18. The summed E-state index contributed by atoms with van der Waals surface area (Å²) in [5, 5.41) is 7.46. The Morgan fingerprint density at radius 2 is 1.97 bits per heavy atom. The van der Waals surface area contributed by atoms with Crippen LogP contribution in [0.1, 0.15) is 56.1 Å². The molecule has 3 rings (SSSR count). The van der Waals surface area contributed by atoms with E-state index in [9.17, 15) is 18.0 Å². The summed E-state index contributed by atoms with van der Waals surface area (Å²) >= 11 is 0. The Kier molecular flexibility index (Phi) is 7.64. The van der Waals surface area contributed by atoms with Gasteiger partial charge in [-0.25, -0.2) is 0 Å². The van der Waals surface area contributed by atoms with Crippen LogP contribution < -0.4 is 0 Å². The number of carbonyl (C=O) groups excluding carboxylic acids is 1. The molecule has 1 aliphatic rings. The molecule has 1 fully saturated rings. The van der Waals surface area contributed by atoms with Crippen LogP contribution in [0.25, 0.3) is 0 Å². The van der Waals surface area contributed by atoms with Crippen molar-refractivity contribution in [2.45, 2.75) is 59.2 Å². The molecule has 0 radical (unpaired) electrons. The molecule has 5 nitrogen and oxygen atoms in total. The third-order valence-corrected chi connectivity index (χ3v) is 6.01. The maximum Gasteiger partial charge on any atom is 0.416 e. The summed E-state index contributed by atoms with van der Waals surface area (Å²) in [6, 6.07) is 7.34. The molecule has 0 aliphatic carbocycles. The lowest BCUT2D eigenvalue weighted by molar-refractivity contribution is -0.158. The number of likely N-dealkylation sites (tertiary alicyclic amines) is 1. The number of ether oxygens (including phenoxy) is 1. The number of nitrogens with zero attached hydrogens (tertiary/aromatic N) is 2. The van der Waals surface area contributed by atoms with Gasteiger partial charge >= 0.3 is 12.1 Å². The second-order valence-corrected chi connectivity index (χ2v) is 9.13. The Morgan fingerprint density at radius 1 is 1.25 bits per heavy atom. The predicted octanol–water partition coefficient (Wildman–Crippen LogP) is 5.02. The van der Waals surface area contributed by atoms with Crippen molar-refractivity contribution < 1.29 is 22.7 Å². The smallest absolute Gasteiger partial charge is 0.416 e. The molecule has 1 saturated heterocycles. The van der Waals surface area contributed by atoms with Gasteiger partial charge in [0.2, 0.25) is 0 Å². The number of aromatic nitrogens is 2. The van der Waals surface area contributed by atoms with Crippen molar-refractivity contribution in [1.82, 2.24) is 15.1 Å². The van der Waals surface area contributed by atoms with Gasteiger partial charge in [-0.2, -0.15) is 18.3 Å². The maximum atomic E-state index is 13.1. The minimum atomic E-state index is -4.41. The Hall–Kier alpha value is -2.35. The summed E-state index contributed by atoms with van der Waals surface area (Å²) in [7, 11) is 0. The fraction of sp³-hybridized carbons (Fsp3) is 0.583. The van der Waals surface area contributed by atoms with E-state index >= 15 is 0 Å². The van der Waals surface area contributed by atoms with Gasteiger partial charge in [0.1, 0.15) is 0 Å². The second-order valence-electron chi connectivity index (χ2n) is 9.13. The zero-order chi connectivity index (χ0) is 23.4. The van der Waals surface area contributed by atoms with Gasteiger partial charge in [0.05, 0.1) is 23.3 Å². The van der Waals surface area contributed by atoms with Gasteiger partial charge in [0.15, 0.2) is 0 Å². The van der Waals surface area contributed by atoms with E-state index in [0.717, 1.165) is 29.9 Å². The van der Waals surface area contributed by atoms with Gasteiger partial charge in [0, 0.05) is 12.2 Å². The van der Waals surface area contributed by atoms with E-state index in [2.05, 4.69) is 35.0 Å². The number of halogens is 3. The molecule has 32 heavy (non-hydrogen) atoms. The average Bonchev–Trinajstić information content (AvgIpc) is 3.15. The highest BCUT2D eigenvalue weighted by Gasteiger charge is 2.43. The molecule has 8 heteroatoms. The number of aromatic amines is 1. The molecule has 0 amide bonds. The molecule has 176 valence electrons. The highest BCUT2D eigenvalue weighted by molar-refractivity contribution is 5.77. The first kappa shape index (κ1) is 24.3. The van der Waals surface area contributed by atoms with Crippen LogP contribution in [0, 0.1) is 11.3 Å². The largest absolute Gasteiger partial charge is 0.466 e. The number of carbonyl (C=O) groups is 1. The molecule has 0 atom stereocenters. The maximum absolute atomic E-state index is 13.1. The third-order valence-electron chi connectivity index (χ3n) is 6.01. The van der Waals surface area contributed by atoms with E-state index in [1.54, 1.807) is 13.0 Å². The van der Waals surface area contributed by atoms with Crippen LogP contribution in [0.5, 0.6) is 0 Å². The van der Waals surface area contributed by atoms with Crippen molar-refractivity contribution in [3.05, 3.63) is 52.8 Å². The van der Waals surface area contributed by atoms with Gasteiger partial charge in [-0.05, 0) is 69.3 Å². The summed E-state index contributed by atoms with van der Waals surface area (Å²) < 4.78 is 44.8. The highest BCUT2D eigenvalue weighted by atomic mass is 19.4. The molecule has 0 bridgehead atoms. The molecule has 1 aromatic carbocycles. The van der Waals surface area contributed by atoms with E-state index in [1.807, 2.05) is 0 Å². The van der Waals surface area contributed by atoms with E-state index in [1.165, 1.54) is 6.07 Å². The number of alkyl halides is 3. The number of benzene rings is 1. The number of esters is 1. The van der Waals surface area contributed by atoms with Gasteiger partial charge in [-0.3, -0.25) is 14.8 Å². The Balaban J connectivity index is 1.70. The zero-order valence-corrected chi connectivity index (χ0v) is 19.0. The van der Waals surface area contributed by atoms with Crippen LogP contribution in [0.3, 0.4) is 0 Å². The lowest BCUT2D eigenvalue weighted by atomic mass is 9.73. The first-order chi connectivity index (χ1) is 15.1. The summed E-state index contributed by atoms with van der Waals surface area (Å²) in [5.74, 6) is 0.208. The number of rotatable bonds is 8. The lowest BCUT2D eigenvalue weighted by Crippen LogP contribution is -2.46. The number of nitrogens with one attached hydrogen (secondary N) is 1. The predicted molar refractivity (Wildman–Crippen MR) is 116 cm³/mol. The minimum absolute atomic E-state index is 0.242. The number of H-pyrrole nitrogens is 1. The molecular formula is C24H32F3N3O2. The van der Waals surface area contributed by atoms with Gasteiger partial charge < -0.3 is 4.74 Å². The monoisotopic (exact) mass is 451 g/mol. The molecule has 0 spiro atoms. The molecule has 0 saturated carbocycles. The second kappa shape index (κ2) is 10.1. The highest BCUT2D eigenvalue weighted by Crippen LogP contribution is 2.38. The molecule has 2 aromatic rings. The first-order valence-electron chi connectivity index (χ1n) is 11.2. The van der Waals surface area contributed by atoms with Crippen molar-refractivity contribution in [2.75, 3.05) is 19.7 Å². The van der Waals surface area contributed by atoms with E-state index in [-0.39, 0.29) is 19.0 Å². The standard InChI is InChI=1S/C24H32F3N3O2/c1-4-32-22(31)23(15-18-6-5-7-19(13-18)24(25,26)27)8-10-30(11-9-23)16-21-14-20(28-29-21)12-17(2)3/h5-7,13-14,17H,4,8-12,15-16H2,1-3H3,(H,28,29). The summed E-state index contributed by atoms with van der Waals surface area (Å²) in [5.41, 5.74) is 1.07. The average molecular weight is 452 g/mol. The third kappa shape index (κ3) is 6.12. The Morgan fingerprint density at radius 3 is 2.59 bits per heavy atom. The molecule has 1 aromatic heterocycles. The molecule has 1 N–H and O–H groups in total. The quantitative estimate of drug-likeness (QED) is 0.573. The van der Waals surface area contributed by atoms with Gasteiger partial charge in [0.25, 0.3) is 0 Å². The first-order valence-corrected chi connectivity index (χ1v) is 11.2. The van der Waals surface area contributed by atoms with Crippen molar-refractivity contribution in [3.63, 3.8) is 0 Å². The fourth-order valence-electron chi connectivity index (χ4n) is 4.38. The minimum Gasteiger partial charge on any atom is -0.466 e. The van der Waals surface area contributed by atoms with Crippen LogP contribution in [-0.4, -0.2) is 40.8 Å². The zero-order valence-electron chi connectivity index (χ0n) is 19.0. The number of hydrogen-bond acceptors (Lipinski definition) is 4. The molecule has 1 aliphatic heterocycles. The van der Waals surface area contributed by atoms with Crippen LogP contribution in [0.4, 0.5) is 13.2 Å². The topological polar surface area (TPSA) is 58.2 Å². The molecular weight excluding hydrogens is 419 g/mol. The van der Waals surface area contributed by atoms with E-state index in [4.69, 9.17) is 4.74 Å². The van der Waals surface area contributed by atoms with Crippen molar-refractivity contribution in [1.29, 1.82) is 0 Å². The van der Waals surface area contributed by atoms with Crippen molar-refractivity contribution in [2.24, 2.45) is 11.3 Å². The Labute approximate surface area is 187 Å². The molecule has 2 heterocycles. The SMILES string of the molecule is CCOC(=O)C1(Cc2cccc(C(F)(F)F)c2)CCN(Cc2cc(CC(C)C)n[nH]2)CC1. The summed E-state index contributed by atoms with van der Waals surface area (Å²) in [4.78, 5) is 15.1. The molecule has 0 unspecified atom stereocenters. The Bertz CT molecular complexity index is 900. The van der Waals surface area contributed by atoms with Gasteiger partial charge in [-0.1, -0.05) is 32.0 Å². The lowest BCUT2D eigenvalue weighted by Gasteiger charge is -2.40. The van der Waals surface area contributed by atoms with E-state index < -0.39 is 17.2 Å². The van der Waals surface area contributed by atoms with Crippen LogP contribution in [0.2, 0.25) is 0 Å². The number of hydrogen-bond donors (Lipinski definition) is 1. The van der Waals surface area contributed by atoms with Crippen LogP contribution in [0.15, 0.2) is 30.3 Å². The fourth-order valence-corrected chi connectivity index (χ4v) is 4.38. The van der Waals surface area contributed by atoms with Crippen LogP contribution >= 0.6 is 0 Å².